The van der Waals surface area contributed by atoms with Crippen LogP contribution in [0.3, 0.4) is 0 Å². The Bertz CT molecular complexity index is 1000. The third-order valence-corrected chi connectivity index (χ3v) is 4.94. The highest BCUT2D eigenvalue weighted by atomic mass is 16.5. The van der Waals surface area contributed by atoms with Crippen molar-refractivity contribution in [3.63, 3.8) is 0 Å². The van der Waals surface area contributed by atoms with Gasteiger partial charge in [0.25, 0.3) is 0 Å². The van der Waals surface area contributed by atoms with Crippen LogP contribution in [-0.2, 0) is 47.8 Å². The van der Waals surface area contributed by atoms with E-state index in [-0.39, 0.29) is 50.0 Å². The lowest BCUT2D eigenvalue weighted by atomic mass is 10.0. The Balaban J connectivity index is 4.23. The molecule has 0 aliphatic carbocycles. The van der Waals surface area contributed by atoms with E-state index in [0.29, 0.717) is 0 Å². The third-order valence-electron chi connectivity index (χ3n) is 4.94. The average Bonchev–Trinajstić information content (AvgIpc) is 2.87. The summed E-state index contributed by atoms with van der Waals surface area (Å²) in [6.45, 7) is 7.81. The first kappa shape index (κ1) is 34.8. The molecule has 0 aromatic heterocycles. The van der Waals surface area contributed by atoms with Gasteiger partial charge < -0.3 is 30.9 Å². The molecule has 0 aliphatic rings. The van der Waals surface area contributed by atoms with Gasteiger partial charge in [-0.05, 0) is 13.8 Å². The van der Waals surface area contributed by atoms with Crippen LogP contribution in [0, 0.1) is 5.92 Å². The first-order valence-corrected chi connectivity index (χ1v) is 11.9. The number of carboxylic acids is 1. The molecule has 0 fully saturated rings. The molecule has 216 valence electrons. The molecule has 0 rings (SSSR count). The lowest BCUT2D eigenvalue weighted by Gasteiger charge is -2.12. The first-order chi connectivity index (χ1) is 18.1. The van der Waals surface area contributed by atoms with Crippen molar-refractivity contribution >= 4 is 47.1 Å². The van der Waals surface area contributed by atoms with Gasteiger partial charge in [-0.25, -0.2) is 9.59 Å². The van der Waals surface area contributed by atoms with Crippen molar-refractivity contribution in [2.24, 2.45) is 11.7 Å². The molecule has 39 heavy (non-hydrogen) atoms. The Hall–Kier alpha value is -4.20. The fourth-order valence-corrected chi connectivity index (χ4v) is 2.58. The Kier molecular flexibility index (Phi) is 16.2. The molecular weight excluding hydrogens is 518 g/mol. The molecular formula is C25H35N3O11. The maximum atomic E-state index is 12.0. The van der Waals surface area contributed by atoms with Crippen LogP contribution < -0.4 is 16.4 Å². The SMILES string of the molecule is C=C(C)C(=O)OC[C@H](CC(=O)CNC(=O)CCC(=O)CNC(=O)CCC(=O)[C@@H](N)COC(=O)C(=C)C)C(=O)O. The summed E-state index contributed by atoms with van der Waals surface area (Å²) in [5, 5.41) is 13.7. The number of carbonyl (C=O) groups is 8. The largest absolute Gasteiger partial charge is 0.481 e. The molecule has 5 N–H and O–H groups in total. The van der Waals surface area contributed by atoms with Crippen LogP contribution in [0.25, 0.3) is 0 Å². The minimum Gasteiger partial charge on any atom is -0.481 e. The van der Waals surface area contributed by atoms with Crippen molar-refractivity contribution in [1.82, 2.24) is 10.6 Å². The molecule has 0 saturated carbocycles. The number of hydrogen-bond acceptors (Lipinski definition) is 11. The normalized spacial score (nSPS) is 11.8. The summed E-state index contributed by atoms with van der Waals surface area (Å²) in [6, 6.07) is -1.11. The molecule has 0 aromatic carbocycles. The molecule has 0 aliphatic heterocycles. The summed E-state index contributed by atoms with van der Waals surface area (Å²) in [4.78, 5) is 93.5. The highest BCUT2D eigenvalue weighted by molar-refractivity contribution is 5.93. The molecule has 0 aromatic rings. The van der Waals surface area contributed by atoms with Crippen molar-refractivity contribution in [3.8, 4) is 0 Å². The summed E-state index contributed by atoms with van der Waals surface area (Å²) < 4.78 is 9.53. The monoisotopic (exact) mass is 553 g/mol. The topological polar surface area (TPSA) is 225 Å². The Morgan fingerprint density at radius 1 is 0.744 bits per heavy atom. The molecule has 0 radical (unpaired) electrons. The third kappa shape index (κ3) is 16.3. The molecule has 14 heteroatoms. The number of amides is 2. The van der Waals surface area contributed by atoms with Crippen molar-refractivity contribution in [1.29, 1.82) is 0 Å². The number of ether oxygens (including phenoxy) is 2. The molecule has 0 heterocycles. The fraction of sp³-hybridized carbons (Fsp3) is 0.520. The van der Waals surface area contributed by atoms with Gasteiger partial charge in [0.1, 0.15) is 13.2 Å². The number of hydrogen-bond donors (Lipinski definition) is 4. The number of Topliss-reactive ketones (excluding diaryl/α,β-unsaturated/α-hetero) is 3. The van der Waals surface area contributed by atoms with Crippen LogP contribution >= 0.6 is 0 Å². The maximum absolute atomic E-state index is 12.0. The van der Waals surface area contributed by atoms with Gasteiger partial charge in [-0.15, -0.1) is 0 Å². The molecule has 0 unspecified atom stereocenters. The highest BCUT2D eigenvalue weighted by Gasteiger charge is 2.24. The zero-order valence-corrected chi connectivity index (χ0v) is 22.0. The van der Waals surface area contributed by atoms with Gasteiger partial charge in [0, 0.05) is 43.3 Å². The molecule has 0 spiro atoms. The summed E-state index contributed by atoms with van der Waals surface area (Å²) in [7, 11) is 0. The van der Waals surface area contributed by atoms with E-state index in [1.54, 1.807) is 0 Å². The summed E-state index contributed by atoms with van der Waals surface area (Å²) in [5.41, 5.74) is 5.83. The van der Waals surface area contributed by atoms with Gasteiger partial charge in [-0.1, -0.05) is 13.2 Å². The van der Waals surface area contributed by atoms with E-state index >= 15 is 0 Å². The van der Waals surface area contributed by atoms with E-state index < -0.39 is 78.6 Å². The lowest BCUT2D eigenvalue weighted by Crippen LogP contribution is -2.37. The van der Waals surface area contributed by atoms with Crippen LogP contribution in [0.4, 0.5) is 0 Å². The number of esters is 2. The fourth-order valence-electron chi connectivity index (χ4n) is 2.58. The van der Waals surface area contributed by atoms with E-state index in [4.69, 9.17) is 20.3 Å². The van der Waals surface area contributed by atoms with Gasteiger partial charge in [-0.2, -0.15) is 0 Å². The van der Waals surface area contributed by atoms with Gasteiger partial charge >= 0.3 is 17.9 Å². The minimum atomic E-state index is -1.35. The molecule has 2 amide bonds. The molecule has 2 atom stereocenters. The number of nitrogens with one attached hydrogen (secondary N) is 2. The van der Waals surface area contributed by atoms with E-state index in [9.17, 15) is 38.4 Å². The maximum Gasteiger partial charge on any atom is 0.333 e. The second-order valence-corrected chi connectivity index (χ2v) is 8.70. The molecule has 0 saturated heterocycles. The van der Waals surface area contributed by atoms with Crippen molar-refractivity contribution < 1.29 is 52.9 Å². The second-order valence-electron chi connectivity index (χ2n) is 8.70. The standard InChI is InChI=1S/C25H35N3O11/c1-14(2)24(36)38-12-16(23(34)35)9-18(30)11-28-21(32)7-5-17(29)10-27-22(33)8-6-20(31)19(26)13-39-25(37)15(3)4/h16,19H,1,3,5-13,26H2,2,4H3,(H,27,33)(H,28,32)(H,34,35)/t16-,19-/m0/s1. The van der Waals surface area contributed by atoms with Gasteiger partial charge in [0.05, 0.1) is 25.0 Å². The average molecular weight is 554 g/mol. The zero-order valence-electron chi connectivity index (χ0n) is 22.0. The predicted molar refractivity (Wildman–Crippen MR) is 135 cm³/mol. The van der Waals surface area contributed by atoms with Crippen LogP contribution in [0.2, 0.25) is 0 Å². The van der Waals surface area contributed by atoms with Crippen LogP contribution in [0.1, 0.15) is 46.0 Å². The van der Waals surface area contributed by atoms with E-state index in [0.717, 1.165) is 0 Å². The van der Waals surface area contributed by atoms with Gasteiger partial charge in [-0.3, -0.25) is 28.8 Å². The van der Waals surface area contributed by atoms with Crippen molar-refractivity contribution in [3.05, 3.63) is 24.3 Å². The smallest absolute Gasteiger partial charge is 0.333 e. The van der Waals surface area contributed by atoms with E-state index in [1.165, 1.54) is 13.8 Å². The summed E-state index contributed by atoms with van der Waals surface area (Å²) in [5.74, 6) is -7.00. The number of carbonyl (C=O) groups excluding carboxylic acids is 7. The van der Waals surface area contributed by atoms with Crippen molar-refractivity contribution in [2.45, 2.75) is 52.0 Å². The van der Waals surface area contributed by atoms with Crippen LogP contribution in [-0.4, -0.2) is 84.5 Å². The predicted octanol–water partition coefficient (Wildman–Crippen LogP) is -0.857. The van der Waals surface area contributed by atoms with Gasteiger partial charge in [0.2, 0.25) is 11.8 Å². The van der Waals surface area contributed by atoms with Gasteiger partial charge in [0.15, 0.2) is 17.3 Å². The quantitative estimate of drug-likeness (QED) is 0.107. The number of aliphatic carboxylic acids is 1. The second kappa shape index (κ2) is 18.1. The van der Waals surface area contributed by atoms with Crippen LogP contribution in [0.15, 0.2) is 24.3 Å². The van der Waals surface area contributed by atoms with E-state index in [1.807, 2.05) is 0 Å². The van der Waals surface area contributed by atoms with Crippen LogP contribution in [0.5, 0.6) is 0 Å². The minimum absolute atomic E-state index is 0.0717. The van der Waals surface area contributed by atoms with Crippen molar-refractivity contribution in [2.75, 3.05) is 26.3 Å². The number of rotatable bonds is 20. The Morgan fingerprint density at radius 3 is 1.69 bits per heavy atom. The zero-order chi connectivity index (χ0) is 30.1. The Labute approximate surface area is 225 Å². The summed E-state index contributed by atoms with van der Waals surface area (Å²) >= 11 is 0. The lowest BCUT2D eigenvalue weighted by molar-refractivity contribution is -0.150. The molecule has 0 bridgehead atoms. The number of nitrogens with two attached hydrogens (primary N) is 1. The highest BCUT2D eigenvalue weighted by Crippen LogP contribution is 2.07. The van der Waals surface area contributed by atoms with E-state index in [2.05, 4.69) is 23.8 Å². The summed E-state index contributed by atoms with van der Waals surface area (Å²) in [6.07, 6.45) is -1.50. The molecule has 14 nitrogen and oxygen atoms in total. The Morgan fingerprint density at radius 2 is 1.21 bits per heavy atom. The number of ketones is 3. The first-order valence-electron chi connectivity index (χ1n) is 11.9. The number of carboxylic acid groups (broad SMARTS) is 1.